The van der Waals surface area contributed by atoms with E-state index in [9.17, 15) is 0 Å². The Morgan fingerprint density at radius 2 is 1.06 bits per heavy atom. The van der Waals surface area contributed by atoms with Gasteiger partial charge in [0.05, 0.1) is 56.9 Å². The monoisotopic (exact) mass is 852 g/mol. The molecule has 7 nitrogen and oxygen atoms in total. The van der Waals surface area contributed by atoms with Crippen molar-refractivity contribution in [2.24, 2.45) is 7.05 Å². The summed E-state index contributed by atoms with van der Waals surface area (Å²) in [6, 6.07) is 66.9. The van der Waals surface area contributed by atoms with Crippen LogP contribution in [0.5, 0.6) is 11.5 Å². The fourth-order valence-corrected chi connectivity index (χ4v) is 10.4. The molecule has 7 heteroatoms. The number of hydrogen-bond donors (Lipinski definition) is 0. The SMILES string of the molecule is Cn1[c-][n+](-c2cccc(Oc3ccc4c5c6c7ccccc7n(-c7ccccc7)c6c6c7ccccc7n(-c7ccccc7)c6c5n(-c5cc(C(C)(C)C)ccn5)c4c3)c2)c2ccccc21. The predicted molar refractivity (Wildman–Crippen MR) is 269 cm³/mol. The van der Waals surface area contributed by atoms with E-state index in [2.05, 4.69) is 221 Å². The number of nitrogens with zero attached hydrogens (tertiary/aromatic N) is 6. The van der Waals surface area contributed by atoms with E-state index in [4.69, 9.17) is 9.72 Å². The van der Waals surface area contributed by atoms with Crippen LogP contribution in [0.2, 0.25) is 0 Å². The molecule has 0 bridgehead atoms. The molecule has 0 aliphatic heterocycles. The van der Waals surface area contributed by atoms with E-state index in [0.717, 1.165) is 83.8 Å². The molecule has 0 atom stereocenters. The first-order chi connectivity index (χ1) is 32.3. The molecular weight excluding hydrogens is 809 g/mol. The third-order valence-corrected chi connectivity index (χ3v) is 13.3. The molecule has 0 N–H and O–H groups in total. The summed E-state index contributed by atoms with van der Waals surface area (Å²) in [4.78, 5) is 5.24. The quantitative estimate of drug-likeness (QED) is 0.124. The fourth-order valence-electron chi connectivity index (χ4n) is 10.4. The Morgan fingerprint density at radius 3 is 1.77 bits per heavy atom. The summed E-state index contributed by atoms with van der Waals surface area (Å²) in [6.45, 7) is 6.79. The van der Waals surface area contributed by atoms with E-state index >= 15 is 0 Å². The molecule has 0 amide bonds. The van der Waals surface area contributed by atoms with Crippen molar-refractivity contribution >= 4 is 76.5 Å². The van der Waals surface area contributed by atoms with Crippen molar-refractivity contribution < 1.29 is 9.30 Å². The van der Waals surface area contributed by atoms with E-state index in [1.54, 1.807) is 0 Å². The van der Waals surface area contributed by atoms with Gasteiger partial charge in [0.15, 0.2) is 0 Å². The van der Waals surface area contributed by atoms with Crippen molar-refractivity contribution in [2.45, 2.75) is 26.2 Å². The maximum Gasteiger partial charge on any atom is 0.244 e. The van der Waals surface area contributed by atoms with Crippen LogP contribution in [0.1, 0.15) is 26.3 Å². The Balaban J connectivity index is 1.19. The Hall–Kier alpha value is -8.42. The second-order valence-corrected chi connectivity index (χ2v) is 18.3. The summed E-state index contributed by atoms with van der Waals surface area (Å²) in [5.41, 5.74) is 13.1. The van der Waals surface area contributed by atoms with Crippen LogP contribution in [0, 0.1) is 6.33 Å². The van der Waals surface area contributed by atoms with Crippen LogP contribution < -0.4 is 9.30 Å². The zero-order valence-electron chi connectivity index (χ0n) is 37.1. The topological polar surface area (TPSA) is 45.7 Å². The molecule has 0 spiro atoms. The molecular formula is C59H44N6O. The Kier molecular flexibility index (Phi) is 8.25. The molecule has 0 aliphatic carbocycles. The molecule has 66 heavy (non-hydrogen) atoms. The molecule has 316 valence electrons. The van der Waals surface area contributed by atoms with Gasteiger partial charge in [0.1, 0.15) is 17.3 Å². The smallest absolute Gasteiger partial charge is 0.244 e. The van der Waals surface area contributed by atoms with Crippen molar-refractivity contribution in [3.8, 4) is 34.4 Å². The number of rotatable bonds is 6. The molecule has 13 rings (SSSR count). The van der Waals surface area contributed by atoms with Crippen molar-refractivity contribution in [1.29, 1.82) is 0 Å². The molecule has 0 radical (unpaired) electrons. The Labute approximate surface area is 381 Å². The van der Waals surface area contributed by atoms with Gasteiger partial charge >= 0.3 is 0 Å². The standard InChI is InChI=1S/C59H44N6O/c1-59(2,3)38-32-33-60-52(34-38)65-51-36-43(66-42-23-17-22-41(35-42)62-37-61(4)49-28-15-16-29-50(49)62)30-31-46(51)54-53-44-24-11-13-26-47(44)63(39-18-7-5-8-19-39)56(53)55-45-25-12-14-27-48(45)64(58(55)57(54)65)40-20-9-6-10-21-40/h5-36H,1-4H3. The Morgan fingerprint density at radius 1 is 0.485 bits per heavy atom. The van der Waals surface area contributed by atoms with Gasteiger partial charge in [0, 0.05) is 56.0 Å². The Bertz CT molecular complexity index is 4070. The number of aromatic nitrogens is 6. The lowest BCUT2D eigenvalue weighted by Crippen LogP contribution is -2.29. The van der Waals surface area contributed by atoms with Gasteiger partial charge in [-0.2, -0.15) is 0 Å². The minimum atomic E-state index is -0.111. The van der Waals surface area contributed by atoms with E-state index in [0.29, 0.717) is 0 Å². The minimum Gasteiger partial charge on any atom is -0.458 e. The maximum atomic E-state index is 6.90. The number of pyridine rings is 1. The van der Waals surface area contributed by atoms with E-state index in [-0.39, 0.29) is 5.41 Å². The number of aryl methyl sites for hydroxylation is 1. The average molecular weight is 853 g/mol. The summed E-state index contributed by atoms with van der Waals surface area (Å²) in [7, 11) is 2.03. The lowest BCUT2D eigenvalue weighted by Gasteiger charge is -2.20. The van der Waals surface area contributed by atoms with E-state index < -0.39 is 0 Å². The molecule has 5 aromatic heterocycles. The molecule has 0 saturated carbocycles. The number of benzene rings is 8. The van der Waals surface area contributed by atoms with Gasteiger partial charge in [-0.05, 0) is 83.8 Å². The first kappa shape index (κ1) is 38.1. The lowest BCUT2D eigenvalue weighted by atomic mass is 9.88. The molecule has 0 aliphatic rings. The lowest BCUT2D eigenvalue weighted by molar-refractivity contribution is -0.572. The van der Waals surface area contributed by atoms with Gasteiger partial charge in [-0.3, -0.25) is 4.57 Å². The van der Waals surface area contributed by atoms with Gasteiger partial charge in [-0.1, -0.05) is 130 Å². The number of ether oxygens (including phenoxy) is 1. The van der Waals surface area contributed by atoms with Gasteiger partial charge in [0.25, 0.3) is 0 Å². The normalized spacial score (nSPS) is 12.2. The number of para-hydroxylation sites is 6. The van der Waals surface area contributed by atoms with Crippen LogP contribution in [0.4, 0.5) is 0 Å². The molecule has 0 saturated heterocycles. The first-order valence-corrected chi connectivity index (χ1v) is 22.5. The number of hydrogen-bond acceptors (Lipinski definition) is 2. The van der Waals surface area contributed by atoms with Crippen LogP contribution in [0.25, 0.3) is 99.3 Å². The number of fused-ring (bicyclic) bond motifs is 13. The second-order valence-electron chi connectivity index (χ2n) is 18.3. The maximum absolute atomic E-state index is 6.90. The van der Waals surface area contributed by atoms with Crippen LogP contribution >= 0.6 is 0 Å². The summed E-state index contributed by atoms with van der Waals surface area (Å²) >= 11 is 0. The zero-order chi connectivity index (χ0) is 44.3. The average Bonchev–Trinajstić information content (AvgIpc) is 4.08. The predicted octanol–water partition coefficient (Wildman–Crippen LogP) is 14.0. The van der Waals surface area contributed by atoms with Crippen molar-refractivity contribution in [1.82, 2.24) is 23.3 Å². The molecule has 0 unspecified atom stereocenters. The van der Waals surface area contributed by atoms with E-state index in [1.165, 1.54) is 32.6 Å². The molecule has 8 aromatic carbocycles. The highest BCUT2D eigenvalue weighted by molar-refractivity contribution is 6.40. The third-order valence-electron chi connectivity index (χ3n) is 13.3. The second kappa shape index (κ2) is 14.3. The third kappa shape index (κ3) is 5.62. The van der Waals surface area contributed by atoms with Crippen LogP contribution in [0.15, 0.2) is 194 Å². The van der Waals surface area contributed by atoms with E-state index in [1.807, 2.05) is 29.9 Å². The highest BCUT2D eigenvalue weighted by Gasteiger charge is 2.29. The summed E-state index contributed by atoms with van der Waals surface area (Å²) < 4.78 is 18.4. The summed E-state index contributed by atoms with van der Waals surface area (Å²) in [6.07, 6.45) is 5.45. The highest BCUT2D eigenvalue weighted by atomic mass is 16.5. The molecule has 0 fully saturated rings. The molecule has 13 aromatic rings. The van der Waals surface area contributed by atoms with Crippen molar-refractivity contribution in [3.05, 3.63) is 206 Å². The van der Waals surface area contributed by atoms with Crippen LogP contribution in [-0.4, -0.2) is 23.3 Å². The van der Waals surface area contributed by atoms with Gasteiger partial charge in [0.2, 0.25) is 6.33 Å². The highest BCUT2D eigenvalue weighted by Crippen LogP contribution is 2.50. The van der Waals surface area contributed by atoms with Gasteiger partial charge < -0.3 is 23.0 Å². The minimum absolute atomic E-state index is 0.111. The van der Waals surface area contributed by atoms with Crippen molar-refractivity contribution in [3.63, 3.8) is 0 Å². The van der Waals surface area contributed by atoms with Gasteiger partial charge in [-0.15, -0.1) is 0 Å². The first-order valence-electron chi connectivity index (χ1n) is 22.5. The van der Waals surface area contributed by atoms with Gasteiger partial charge in [-0.25, -0.2) is 4.98 Å². The fraction of sp³-hybridized carbons (Fsp3) is 0.0847. The van der Waals surface area contributed by atoms with Crippen LogP contribution in [-0.2, 0) is 12.5 Å². The number of imidazole rings is 1. The van der Waals surface area contributed by atoms with Crippen molar-refractivity contribution in [2.75, 3.05) is 0 Å². The molecule has 5 heterocycles. The summed E-state index contributed by atoms with van der Waals surface area (Å²) in [5.74, 6) is 2.31. The zero-order valence-corrected chi connectivity index (χ0v) is 37.1. The van der Waals surface area contributed by atoms with Crippen LogP contribution in [0.3, 0.4) is 0 Å². The summed E-state index contributed by atoms with van der Waals surface area (Å²) in [5, 5.41) is 7.04. The largest absolute Gasteiger partial charge is 0.458 e.